The van der Waals surface area contributed by atoms with E-state index in [-0.39, 0.29) is 0 Å². The maximum absolute atomic E-state index is 8.51. The Kier molecular flexibility index (Phi) is 2.33. The predicted molar refractivity (Wildman–Crippen MR) is 52.4 cm³/mol. The first-order chi connectivity index (χ1) is 7.81. The first-order valence-electron chi connectivity index (χ1n) is 5.23. The van der Waals surface area contributed by atoms with Gasteiger partial charge >= 0.3 is 0 Å². The summed E-state index contributed by atoms with van der Waals surface area (Å²) in [5.41, 5.74) is 1.16. The topological polar surface area (TPSA) is 57.2 Å². The number of hydrogen-bond acceptors (Lipinski definition) is 5. The molecule has 2 aliphatic heterocycles. The van der Waals surface area contributed by atoms with E-state index >= 15 is 0 Å². The molecule has 3 rings (SSSR count). The van der Waals surface area contributed by atoms with Crippen LogP contribution >= 0.6 is 0 Å². The maximum Gasteiger partial charge on any atom is 0.246 e. The molecular weight excluding hydrogens is 212 g/mol. The number of aryl methyl sites for hydroxylation is 1. The summed E-state index contributed by atoms with van der Waals surface area (Å²) in [5, 5.41) is 8.51. The first-order valence-corrected chi connectivity index (χ1v) is 5.23. The van der Waals surface area contributed by atoms with Gasteiger partial charge in [0.25, 0.3) is 0 Å². The normalized spacial score (nSPS) is 32.4. The lowest BCUT2D eigenvalue weighted by atomic mass is 9.98. The van der Waals surface area contributed by atoms with E-state index < -0.39 is 12.1 Å². The molecule has 16 heavy (non-hydrogen) atoms. The molecule has 0 radical (unpaired) electrons. The zero-order valence-electron chi connectivity index (χ0n) is 8.59. The molecule has 2 heterocycles. The van der Waals surface area contributed by atoms with Gasteiger partial charge in [0.1, 0.15) is 5.75 Å². The zero-order valence-corrected chi connectivity index (χ0v) is 8.59. The molecule has 1 aromatic carbocycles. The van der Waals surface area contributed by atoms with Crippen molar-refractivity contribution in [3.63, 3.8) is 0 Å². The van der Waals surface area contributed by atoms with Crippen LogP contribution in [0.2, 0.25) is 0 Å². The van der Waals surface area contributed by atoms with Crippen molar-refractivity contribution >= 4 is 0 Å². The summed E-state index contributed by atoms with van der Waals surface area (Å²) in [7, 11) is 0. The lowest BCUT2D eigenvalue weighted by Crippen LogP contribution is -2.39. The molecule has 1 saturated heterocycles. The van der Waals surface area contributed by atoms with E-state index in [1.54, 1.807) is 0 Å². The summed E-state index contributed by atoms with van der Waals surface area (Å²) in [6, 6.07) is 7.81. The molecule has 1 N–H and O–H groups in total. The van der Waals surface area contributed by atoms with Crippen LogP contribution in [0.4, 0.5) is 0 Å². The van der Waals surface area contributed by atoms with E-state index in [0.29, 0.717) is 12.8 Å². The summed E-state index contributed by atoms with van der Waals surface area (Å²) in [6.45, 7) is 0. The van der Waals surface area contributed by atoms with Crippen molar-refractivity contribution in [2.45, 2.75) is 31.3 Å². The van der Waals surface area contributed by atoms with Gasteiger partial charge in [0.05, 0.1) is 6.42 Å². The Hall–Kier alpha value is -1.14. The third kappa shape index (κ3) is 1.58. The summed E-state index contributed by atoms with van der Waals surface area (Å²) in [6.07, 6.45) is 1.13. The van der Waals surface area contributed by atoms with E-state index in [0.717, 1.165) is 17.7 Å². The highest BCUT2D eigenvalue weighted by Crippen LogP contribution is 2.40. The first kappa shape index (κ1) is 10.0. The van der Waals surface area contributed by atoms with Gasteiger partial charge in [-0.1, -0.05) is 18.2 Å². The van der Waals surface area contributed by atoms with Crippen LogP contribution in [0.15, 0.2) is 24.3 Å². The van der Waals surface area contributed by atoms with Crippen LogP contribution in [0, 0.1) is 0 Å². The third-order valence-corrected chi connectivity index (χ3v) is 2.95. The Balaban J connectivity index is 1.83. The van der Waals surface area contributed by atoms with Crippen LogP contribution in [0.1, 0.15) is 18.4 Å². The van der Waals surface area contributed by atoms with Crippen molar-refractivity contribution in [1.82, 2.24) is 0 Å². The molecule has 1 fully saturated rings. The fourth-order valence-electron chi connectivity index (χ4n) is 2.11. The van der Waals surface area contributed by atoms with E-state index in [1.807, 2.05) is 24.3 Å². The Morgan fingerprint density at radius 3 is 3.06 bits per heavy atom. The largest absolute Gasteiger partial charge is 0.459 e. The molecule has 0 bridgehead atoms. The fraction of sp³-hybridized carbons (Fsp3) is 0.455. The van der Waals surface area contributed by atoms with Gasteiger partial charge in [-0.25, -0.2) is 10.1 Å². The van der Waals surface area contributed by atoms with Crippen molar-refractivity contribution < 1.29 is 24.7 Å². The highest BCUT2D eigenvalue weighted by molar-refractivity contribution is 5.35. The molecule has 0 saturated carbocycles. The van der Waals surface area contributed by atoms with Crippen LogP contribution in [0.25, 0.3) is 0 Å². The molecule has 1 aromatic rings. The summed E-state index contributed by atoms with van der Waals surface area (Å²) in [5.74, 6) is -0.0159. The Morgan fingerprint density at radius 1 is 1.38 bits per heavy atom. The third-order valence-electron chi connectivity index (χ3n) is 2.95. The molecule has 86 valence electrons. The molecule has 0 amide bonds. The molecular formula is C11H12O5. The van der Waals surface area contributed by atoms with Gasteiger partial charge in [0.15, 0.2) is 0 Å². The minimum Gasteiger partial charge on any atom is -0.459 e. The summed E-state index contributed by atoms with van der Waals surface area (Å²) >= 11 is 0. The average molecular weight is 224 g/mol. The van der Waals surface area contributed by atoms with Gasteiger partial charge in [-0.15, -0.1) is 0 Å². The minimum atomic E-state index is -0.818. The zero-order chi connectivity index (χ0) is 11.0. The van der Waals surface area contributed by atoms with E-state index in [1.165, 1.54) is 0 Å². The van der Waals surface area contributed by atoms with Crippen LogP contribution in [-0.4, -0.2) is 17.3 Å². The number of ether oxygens (including phenoxy) is 1. The molecule has 5 nitrogen and oxygen atoms in total. The molecule has 1 spiro atoms. The maximum atomic E-state index is 8.51. The van der Waals surface area contributed by atoms with Gasteiger partial charge in [-0.3, -0.25) is 0 Å². The lowest BCUT2D eigenvalue weighted by molar-refractivity contribution is -0.439. The van der Waals surface area contributed by atoms with Crippen LogP contribution < -0.4 is 4.74 Å². The van der Waals surface area contributed by atoms with Gasteiger partial charge in [-0.2, -0.15) is 9.78 Å². The molecule has 0 aliphatic carbocycles. The van der Waals surface area contributed by atoms with Gasteiger partial charge < -0.3 is 4.74 Å². The van der Waals surface area contributed by atoms with Crippen LogP contribution in [0.3, 0.4) is 0 Å². The Morgan fingerprint density at radius 2 is 2.25 bits per heavy atom. The standard InChI is InChI=1S/C11H12O5/c12-14-10-7-11(16-15-10)6-5-8-3-1-2-4-9(8)13-11/h1-4,10,12H,5-7H2. The molecule has 0 aromatic heterocycles. The van der Waals surface area contributed by atoms with Crippen LogP contribution in [0.5, 0.6) is 5.75 Å². The van der Waals surface area contributed by atoms with Crippen molar-refractivity contribution in [1.29, 1.82) is 0 Å². The molecule has 5 heteroatoms. The quantitative estimate of drug-likeness (QED) is 0.583. The molecule has 2 aliphatic rings. The smallest absolute Gasteiger partial charge is 0.246 e. The van der Waals surface area contributed by atoms with Crippen LogP contribution in [-0.2, 0) is 21.1 Å². The summed E-state index contributed by atoms with van der Waals surface area (Å²) < 4.78 is 5.77. The number of fused-ring (bicyclic) bond motifs is 1. The lowest BCUT2D eigenvalue weighted by Gasteiger charge is -2.32. The fourth-order valence-corrected chi connectivity index (χ4v) is 2.11. The SMILES string of the molecule is OOC1CC2(CCc3ccccc3O2)OO1. The second-order valence-electron chi connectivity index (χ2n) is 4.04. The van der Waals surface area contributed by atoms with Crippen molar-refractivity contribution in [2.75, 3.05) is 0 Å². The van der Waals surface area contributed by atoms with Gasteiger partial charge in [0, 0.05) is 6.42 Å². The van der Waals surface area contributed by atoms with Crippen molar-refractivity contribution in [3.8, 4) is 5.75 Å². The Labute approximate surface area is 92.4 Å². The highest BCUT2D eigenvalue weighted by atomic mass is 17.3. The van der Waals surface area contributed by atoms with Crippen molar-refractivity contribution in [2.24, 2.45) is 0 Å². The number of benzene rings is 1. The summed E-state index contributed by atoms with van der Waals surface area (Å²) in [4.78, 5) is 14.0. The van der Waals surface area contributed by atoms with Gasteiger partial charge in [-0.05, 0) is 18.1 Å². The number of para-hydroxylation sites is 1. The molecule has 2 atom stereocenters. The van der Waals surface area contributed by atoms with Crippen molar-refractivity contribution in [3.05, 3.63) is 29.8 Å². The predicted octanol–water partition coefficient (Wildman–Crippen LogP) is 1.88. The van der Waals surface area contributed by atoms with E-state index in [2.05, 4.69) is 4.89 Å². The molecule has 2 unspecified atom stereocenters. The number of rotatable bonds is 1. The van der Waals surface area contributed by atoms with E-state index in [9.17, 15) is 0 Å². The monoisotopic (exact) mass is 224 g/mol. The number of hydrogen-bond donors (Lipinski definition) is 1. The van der Waals surface area contributed by atoms with Gasteiger partial charge in [0.2, 0.25) is 12.1 Å². The second kappa shape index (κ2) is 3.71. The van der Waals surface area contributed by atoms with E-state index in [4.69, 9.17) is 19.8 Å². The second-order valence-corrected chi connectivity index (χ2v) is 4.04. The highest BCUT2D eigenvalue weighted by Gasteiger charge is 2.47. The Bertz CT molecular complexity index is 394. The minimum absolute atomic E-state index is 0.359. The average Bonchev–Trinajstić information content (AvgIpc) is 2.72.